The van der Waals surface area contributed by atoms with Gasteiger partial charge in [-0.25, -0.2) is 0 Å². The number of hydrogen-bond acceptors (Lipinski definition) is 2. The Morgan fingerprint density at radius 1 is 1.41 bits per heavy atom. The molecule has 17 heavy (non-hydrogen) atoms. The second kappa shape index (κ2) is 5.71. The molecule has 1 aliphatic heterocycles. The van der Waals surface area contributed by atoms with E-state index in [1.54, 1.807) is 11.9 Å². The summed E-state index contributed by atoms with van der Waals surface area (Å²) < 4.78 is 0. The highest BCUT2D eigenvalue weighted by molar-refractivity contribution is 6.19. The first kappa shape index (κ1) is 14.3. The minimum absolute atomic E-state index is 0.0270. The van der Waals surface area contributed by atoms with Gasteiger partial charge in [-0.3, -0.25) is 9.59 Å². The number of likely N-dealkylation sites (tertiary alicyclic amines) is 1. The summed E-state index contributed by atoms with van der Waals surface area (Å²) in [6.07, 6.45) is 2.69. The number of piperidine rings is 1. The van der Waals surface area contributed by atoms with E-state index in [-0.39, 0.29) is 23.7 Å². The van der Waals surface area contributed by atoms with Crippen molar-refractivity contribution in [2.75, 3.05) is 19.5 Å². The molecule has 1 saturated heterocycles. The lowest BCUT2D eigenvalue weighted by Gasteiger charge is -2.38. The second-order valence-electron chi connectivity index (χ2n) is 5.14. The lowest BCUT2D eigenvalue weighted by molar-refractivity contribution is -0.148. The van der Waals surface area contributed by atoms with Crippen molar-refractivity contribution < 1.29 is 9.59 Å². The van der Waals surface area contributed by atoms with Gasteiger partial charge in [0.2, 0.25) is 11.8 Å². The minimum atomic E-state index is -0.606. The number of nitrogens with zero attached hydrogens (tertiary/aromatic N) is 1. The van der Waals surface area contributed by atoms with Gasteiger partial charge in [-0.15, -0.1) is 11.6 Å². The molecule has 0 aliphatic carbocycles. The molecule has 0 bridgehead atoms. The molecule has 1 heterocycles. The molecule has 1 unspecified atom stereocenters. The number of nitrogens with one attached hydrogen (secondary N) is 1. The molecule has 1 atom stereocenters. The molecular formula is C12H21ClN2O2. The number of carbonyl (C=O) groups excluding carboxylic acids is 2. The maximum absolute atomic E-state index is 12.3. The molecule has 1 fully saturated rings. The van der Waals surface area contributed by atoms with Crippen LogP contribution in [0.4, 0.5) is 0 Å². The monoisotopic (exact) mass is 260 g/mol. The third-order valence-corrected chi connectivity index (χ3v) is 3.89. The largest absolute Gasteiger partial charge is 0.357 e. The molecule has 0 aromatic carbocycles. The predicted octanol–water partition coefficient (Wildman–Crippen LogP) is 1.38. The van der Waals surface area contributed by atoms with E-state index >= 15 is 0 Å². The van der Waals surface area contributed by atoms with Crippen LogP contribution in [0.5, 0.6) is 0 Å². The van der Waals surface area contributed by atoms with Crippen molar-refractivity contribution in [2.45, 2.75) is 39.2 Å². The van der Waals surface area contributed by atoms with Gasteiger partial charge >= 0.3 is 0 Å². The van der Waals surface area contributed by atoms with E-state index in [1.807, 2.05) is 13.8 Å². The molecule has 0 aromatic rings. The summed E-state index contributed by atoms with van der Waals surface area (Å²) in [7, 11) is 1.60. The topological polar surface area (TPSA) is 49.4 Å². The van der Waals surface area contributed by atoms with Crippen molar-refractivity contribution in [2.24, 2.45) is 5.41 Å². The van der Waals surface area contributed by atoms with Crippen molar-refractivity contribution >= 4 is 23.4 Å². The first-order chi connectivity index (χ1) is 7.94. The van der Waals surface area contributed by atoms with Gasteiger partial charge in [-0.05, 0) is 33.1 Å². The zero-order valence-corrected chi connectivity index (χ0v) is 11.5. The maximum atomic E-state index is 12.3. The minimum Gasteiger partial charge on any atom is -0.357 e. The normalized spacial score (nSPS) is 21.2. The Labute approximate surface area is 108 Å². The molecule has 1 aliphatic rings. The average Bonchev–Trinajstić information content (AvgIpc) is 2.36. The van der Waals surface area contributed by atoms with Crippen LogP contribution in [0.2, 0.25) is 0 Å². The quantitative estimate of drug-likeness (QED) is 0.780. The lowest BCUT2D eigenvalue weighted by atomic mass is 9.91. The Bertz CT molecular complexity index is 305. The summed E-state index contributed by atoms with van der Waals surface area (Å²) in [6.45, 7) is 4.28. The summed E-state index contributed by atoms with van der Waals surface area (Å²) in [4.78, 5) is 25.8. The van der Waals surface area contributed by atoms with Gasteiger partial charge in [0.05, 0.1) is 5.41 Å². The molecule has 5 heteroatoms. The third-order valence-electron chi connectivity index (χ3n) is 3.23. The van der Waals surface area contributed by atoms with Crippen LogP contribution in [0.3, 0.4) is 0 Å². The van der Waals surface area contributed by atoms with Crippen LogP contribution in [0.25, 0.3) is 0 Å². The number of amides is 2. The second-order valence-corrected chi connectivity index (χ2v) is 5.41. The number of likely N-dealkylation sites (N-methyl/N-ethyl adjacent to an activating group) is 1. The van der Waals surface area contributed by atoms with Crippen LogP contribution in [0.15, 0.2) is 0 Å². The summed E-state index contributed by atoms with van der Waals surface area (Å²) in [5, 5.41) is 2.62. The standard InChI is InChI=1S/C12H21ClN2O2/c1-12(2,8-13)11(17)15-7-5-4-6-9(15)10(16)14-3/h9H,4-8H2,1-3H3,(H,14,16). The van der Waals surface area contributed by atoms with Gasteiger partial charge in [-0.2, -0.15) is 0 Å². The van der Waals surface area contributed by atoms with Crippen LogP contribution in [-0.2, 0) is 9.59 Å². The van der Waals surface area contributed by atoms with Gasteiger partial charge in [0.25, 0.3) is 0 Å². The van der Waals surface area contributed by atoms with Crippen molar-refractivity contribution in [3.05, 3.63) is 0 Å². The molecule has 0 radical (unpaired) electrons. The molecule has 1 N–H and O–H groups in total. The van der Waals surface area contributed by atoms with E-state index in [0.29, 0.717) is 6.54 Å². The number of carbonyl (C=O) groups is 2. The number of rotatable bonds is 3. The summed E-state index contributed by atoms with van der Waals surface area (Å²) in [5.41, 5.74) is -0.606. The Hall–Kier alpha value is -0.770. The van der Waals surface area contributed by atoms with Gasteiger partial charge in [-0.1, -0.05) is 0 Å². The highest BCUT2D eigenvalue weighted by Crippen LogP contribution is 2.26. The molecule has 0 spiro atoms. The van der Waals surface area contributed by atoms with Crippen molar-refractivity contribution in [3.63, 3.8) is 0 Å². The van der Waals surface area contributed by atoms with E-state index in [2.05, 4.69) is 5.32 Å². The first-order valence-electron chi connectivity index (χ1n) is 6.02. The smallest absolute Gasteiger partial charge is 0.242 e. The maximum Gasteiger partial charge on any atom is 0.242 e. The van der Waals surface area contributed by atoms with Crippen molar-refractivity contribution in [1.29, 1.82) is 0 Å². The molecule has 2 amide bonds. The fourth-order valence-corrected chi connectivity index (χ4v) is 2.17. The van der Waals surface area contributed by atoms with Crippen LogP contribution < -0.4 is 5.32 Å². The zero-order valence-electron chi connectivity index (χ0n) is 10.8. The van der Waals surface area contributed by atoms with Gasteiger partial charge in [0, 0.05) is 19.5 Å². The van der Waals surface area contributed by atoms with E-state index in [1.165, 1.54) is 0 Å². The predicted molar refractivity (Wildman–Crippen MR) is 67.9 cm³/mol. The number of alkyl halides is 1. The Kier molecular flexibility index (Phi) is 4.80. The molecule has 0 aromatic heterocycles. The molecule has 1 rings (SSSR count). The zero-order chi connectivity index (χ0) is 13.1. The summed E-state index contributed by atoms with van der Waals surface area (Å²) >= 11 is 5.82. The Morgan fingerprint density at radius 2 is 2.06 bits per heavy atom. The highest BCUT2D eigenvalue weighted by atomic mass is 35.5. The third kappa shape index (κ3) is 3.12. The SMILES string of the molecule is CNC(=O)C1CCCCN1C(=O)C(C)(C)CCl. The van der Waals surface area contributed by atoms with Crippen molar-refractivity contribution in [1.82, 2.24) is 10.2 Å². The Morgan fingerprint density at radius 3 is 2.59 bits per heavy atom. The van der Waals surface area contributed by atoms with E-state index < -0.39 is 5.41 Å². The van der Waals surface area contributed by atoms with E-state index in [0.717, 1.165) is 19.3 Å². The van der Waals surface area contributed by atoms with Crippen molar-refractivity contribution in [3.8, 4) is 0 Å². The van der Waals surface area contributed by atoms with Crippen LogP contribution in [-0.4, -0.2) is 42.2 Å². The highest BCUT2D eigenvalue weighted by Gasteiger charge is 2.38. The Balaban J connectivity index is 2.85. The van der Waals surface area contributed by atoms with E-state index in [9.17, 15) is 9.59 Å². The molecule has 4 nitrogen and oxygen atoms in total. The van der Waals surface area contributed by atoms with E-state index in [4.69, 9.17) is 11.6 Å². The molecular weight excluding hydrogens is 240 g/mol. The molecule has 0 saturated carbocycles. The summed E-state index contributed by atoms with van der Waals surface area (Å²) in [5.74, 6) is 0.159. The first-order valence-corrected chi connectivity index (χ1v) is 6.56. The number of hydrogen-bond donors (Lipinski definition) is 1. The van der Waals surface area contributed by atoms with Gasteiger partial charge in [0.1, 0.15) is 6.04 Å². The summed E-state index contributed by atoms with van der Waals surface area (Å²) in [6, 6.07) is -0.330. The fraction of sp³-hybridized carbons (Fsp3) is 0.833. The van der Waals surface area contributed by atoms with Gasteiger partial charge in [0.15, 0.2) is 0 Å². The van der Waals surface area contributed by atoms with Crippen LogP contribution in [0.1, 0.15) is 33.1 Å². The molecule has 98 valence electrons. The lowest BCUT2D eigenvalue weighted by Crippen LogP contribution is -2.55. The fourth-order valence-electron chi connectivity index (χ4n) is 2.06. The van der Waals surface area contributed by atoms with Gasteiger partial charge < -0.3 is 10.2 Å². The van der Waals surface area contributed by atoms with Crippen LogP contribution in [0, 0.1) is 5.41 Å². The van der Waals surface area contributed by atoms with Crippen LogP contribution >= 0.6 is 11.6 Å². The number of halogens is 1. The average molecular weight is 261 g/mol.